The first kappa shape index (κ1) is 11.7. The zero-order chi connectivity index (χ0) is 10.4. The SMILES string of the molecule is CCCCO[Si](C)(C)CC1=CCC=C1. The molecule has 0 bridgehead atoms. The van der Waals surface area contributed by atoms with Crippen molar-refractivity contribution in [2.45, 2.75) is 45.3 Å². The minimum Gasteiger partial charge on any atom is -0.417 e. The molecular formula is C12H22OSi. The van der Waals surface area contributed by atoms with Crippen LogP contribution in [-0.2, 0) is 4.43 Å². The molecular weight excluding hydrogens is 188 g/mol. The second-order valence-electron chi connectivity index (χ2n) is 4.56. The van der Waals surface area contributed by atoms with Crippen molar-refractivity contribution in [1.29, 1.82) is 0 Å². The standard InChI is InChI=1S/C12H22OSi/c1-4-5-10-13-14(2,3)11-12-8-6-7-9-12/h6,8-9H,4-5,7,10-11H2,1-3H3. The van der Waals surface area contributed by atoms with Gasteiger partial charge in [0.1, 0.15) is 0 Å². The Labute approximate surface area is 89.0 Å². The molecule has 1 aliphatic carbocycles. The minimum absolute atomic E-state index is 0.951. The molecule has 0 aromatic heterocycles. The van der Waals surface area contributed by atoms with Crippen molar-refractivity contribution in [2.24, 2.45) is 0 Å². The maximum atomic E-state index is 6.00. The zero-order valence-electron chi connectivity index (χ0n) is 9.68. The van der Waals surface area contributed by atoms with E-state index in [0.29, 0.717) is 0 Å². The number of hydrogen-bond acceptors (Lipinski definition) is 1. The lowest BCUT2D eigenvalue weighted by Crippen LogP contribution is -2.30. The van der Waals surface area contributed by atoms with Crippen molar-refractivity contribution in [3.05, 3.63) is 23.8 Å². The van der Waals surface area contributed by atoms with Gasteiger partial charge in [-0.15, -0.1) is 0 Å². The number of hydrogen-bond donors (Lipinski definition) is 0. The van der Waals surface area contributed by atoms with Gasteiger partial charge in [-0.05, 0) is 32.0 Å². The Bertz CT molecular complexity index is 228. The third-order valence-corrected chi connectivity index (χ3v) is 4.71. The Hall–Kier alpha value is -0.343. The average Bonchev–Trinajstić information content (AvgIpc) is 2.56. The van der Waals surface area contributed by atoms with Gasteiger partial charge in [0.15, 0.2) is 8.32 Å². The van der Waals surface area contributed by atoms with Gasteiger partial charge in [-0.3, -0.25) is 0 Å². The van der Waals surface area contributed by atoms with Gasteiger partial charge >= 0.3 is 0 Å². The molecule has 80 valence electrons. The first-order valence-corrected chi connectivity index (χ1v) is 8.75. The van der Waals surface area contributed by atoms with E-state index >= 15 is 0 Å². The van der Waals surface area contributed by atoms with Crippen LogP contribution >= 0.6 is 0 Å². The second kappa shape index (κ2) is 5.52. The third-order valence-electron chi connectivity index (χ3n) is 2.47. The van der Waals surface area contributed by atoms with E-state index in [1.54, 1.807) is 0 Å². The molecule has 1 nitrogen and oxygen atoms in total. The fraction of sp³-hybridized carbons (Fsp3) is 0.667. The van der Waals surface area contributed by atoms with E-state index < -0.39 is 8.32 Å². The van der Waals surface area contributed by atoms with Gasteiger partial charge in [-0.25, -0.2) is 0 Å². The molecule has 1 rings (SSSR count). The summed E-state index contributed by atoms with van der Waals surface area (Å²) < 4.78 is 6.00. The predicted octanol–water partition coefficient (Wildman–Crippen LogP) is 3.89. The Balaban J connectivity index is 2.29. The van der Waals surface area contributed by atoms with Crippen LogP contribution in [0.5, 0.6) is 0 Å². The van der Waals surface area contributed by atoms with Crippen molar-refractivity contribution < 1.29 is 4.43 Å². The van der Waals surface area contributed by atoms with E-state index in [4.69, 9.17) is 4.43 Å². The van der Waals surface area contributed by atoms with Gasteiger partial charge < -0.3 is 4.43 Å². The smallest absolute Gasteiger partial charge is 0.190 e. The summed E-state index contributed by atoms with van der Waals surface area (Å²) in [6.45, 7) is 7.79. The van der Waals surface area contributed by atoms with E-state index in [1.807, 2.05) is 0 Å². The third kappa shape index (κ3) is 4.25. The summed E-state index contributed by atoms with van der Waals surface area (Å²) in [5, 5.41) is 0. The summed E-state index contributed by atoms with van der Waals surface area (Å²) in [5.41, 5.74) is 1.48. The predicted molar refractivity (Wildman–Crippen MR) is 65.0 cm³/mol. The molecule has 0 radical (unpaired) electrons. The van der Waals surface area contributed by atoms with Crippen LogP contribution in [0.4, 0.5) is 0 Å². The highest BCUT2D eigenvalue weighted by Gasteiger charge is 2.23. The van der Waals surface area contributed by atoms with E-state index in [-0.39, 0.29) is 0 Å². The van der Waals surface area contributed by atoms with E-state index in [9.17, 15) is 0 Å². The molecule has 0 aromatic carbocycles. The minimum atomic E-state index is -1.43. The first-order valence-electron chi connectivity index (χ1n) is 5.63. The fourth-order valence-electron chi connectivity index (χ4n) is 1.67. The van der Waals surface area contributed by atoms with Crippen LogP contribution in [0.1, 0.15) is 26.2 Å². The summed E-state index contributed by atoms with van der Waals surface area (Å²) in [6.07, 6.45) is 10.3. The topological polar surface area (TPSA) is 9.23 Å². The molecule has 0 fully saturated rings. The normalized spacial score (nSPS) is 16.1. The van der Waals surface area contributed by atoms with Crippen LogP contribution in [0.15, 0.2) is 23.8 Å². The molecule has 0 saturated heterocycles. The summed E-state index contributed by atoms with van der Waals surface area (Å²) >= 11 is 0. The molecule has 0 aromatic rings. The number of unbranched alkanes of at least 4 members (excludes halogenated alkanes) is 1. The van der Waals surface area contributed by atoms with Gasteiger partial charge in [0.2, 0.25) is 0 Å². The number of rotatable bonds is 6. The van der Waals surface area contributed by atoms with Gasteiger partial charge in [0.05, 0.1) is 0 Å². The molecule has 0 unspecified atom stereocenters. The van der Waals surface area contributed by atoms with Crippen molar-refractivity contribution in [2.75, 3.05) is 6.61 Å². The summed E-state index contributed by atoms with van der Waals surface area (Å²) in [4.78, 5) is 0. The summed E-state index contributed by atoms with van der Waals surface area (Å²) in [7, 11) is -1.43. The highest BCUT2D eigenvalue weighted by molar-refractivity contribution is 6.71. The molecule has 0 atom stereocenters. The Morgan fingerprint density at radius 2 is 2.21 bits per heavy atom. The Morgan fingerprint density at radius 3 is 2.79 bits per heavy atom. The van der Waals surface area contributed by atoms with Crippen molar-refractivity contribution >= 4 is 8.32 Å². The highest BCUT2D eigenvalue weighted by Crippen LogP contribution is 2.22. The van der Waals surface area contributed by atoms with Crippen molar-refractivity contribution in [3.63, 3.8) is 0 Å². The molecule has 14 heavy (non-hydrogen) atoms. The van der Waals surface area contributed by atoms with Gasteiger partial charge in [0, 0.05) is 6.61 Å². The highest BCUT2D eigenvalue weighted by atomic mass is 28.4. The lowest BCUT2D eigenvalue weighted by atomic mass is 10.3. The maximum absolute atomic E-state index is 6.00. The molecule has 0 saturated carbocycles. The quantitative estimate of drug-likeness (QED) is 0.477. The largest absolute Gasteiger partial charge is 0.417 e. The van der Waals surface area contributed by atoms with E-state index in [0.717, 1.165) is 13.0 Å². The van der Waals surface area contributed by atoms with Gasteiger partial charge in [0.25, 0.3) is 0 Å². The fourth-order valence-corrected chi connectivity index (χ4v) is 3.72. The first-order chi connectivity index (χ1) is 6.64. The molecule has 0 amide bonds. The summed E-state index contributed by atoms with van der Waals surface area (Å²) in [6, 6.07) is 1.17. The Kier molecular flexibility index (Phi) is 4.62. The molecule has 0 N–H and O–H groups in total. The molecule has 2 heteroatoms. The van der Waals surface area contributed by atoms with Gasteiger partial charge in [-0.1, -0.05) is 37.1 Å². The van der Waals surface area contributed by atoms with Crippen molar-refractivity contribution in [3.8, 4) is 0 Å². The van der Waals surface area contributed by atoms with Crippen LogP contribution in [0.2, 0.25) is 19.1 Å². The van der Waals surface area contributed by atoms with Crippen molar-refractivity contribution in [1.82, 2.24) is 0 Å². The van der Waals surface area contributed by atoms with E-state index in [2.05, 4.69) is 38.2 Å². The monoisotopic (exact) mass is 210 g/mol. The lowest BCUT2D eigenvalue weighted by Gasteiger charge is -2.22. The van der Waals surface area contributed by atoms with Gasteiger partial charge in [-0.2, -0.15) is 0 Å². The number of allylic oxidation sites excluding steroid dienone is 4. The average molecular weight is 210 g/mol. The summed E-state index contributed by atoms with van der Waals surface area (Å²) in [5.74, 6) is 0. The lowest BCUT2D eigenvalue weighted by molar-refractivity contribution is 0.300. The maximum Gasteiger partial charge on any atom is 0.190 e. The van der Waals surface area contributed by atoms with Crippen LogP contribution in [0.3, 0.4) is 0 Å². The van der Waals surface area contributed by atoms with Crippen LogP contribution in [0, 0.1) is 0 Å². The van der Waals surface area contributed by atoms with Crippen LogP contribution < -0.4 is 0 Å². The molecule has 0 heterocycles. The Morgan fingerprint density at radius 1 is 1.43 bits per heavy atom. The molecule has 0 aliphatic heterocycles. The van der Waals surface area contributed by atoms with Crippen LogP contribution in [0.25, 0.3) is 0 Å². The molecule has 1 aliphatic rings. The van der Waals surface area contributed by atoms with E-state index in [1.165, 1.54) is 24.5 Å². The van der Waals surface area contributed by atoms with Crippen LogP contribution in [-0.4, -0.2) is 14.9 Å². The molecule has 0 spiro atoms. The zero-order valence-corrected chi connectivity index (χ0v) is 10.7. The second-order valence-corrected chi connectivity index (χ2v) is 8.72.